The molecule has 0 aliphatic rings. The predicted octanol–water partition coefficient (Wildman–Crippen LogP) is 3.79. The number of carbonyl (C=O) groups is 1. The molecule has 174 valence electrons. The monoisotopic (exact) mass is 468 g/mol. The third-order valence-corrected chi connectivity index (χ3v) is 6.69. The normalized spacial score (nSPS) is 12.1. The van der Waals surface area contributed by atoms with Crippen molar-refractivity contribution < 1.29 is 22.7 Å². The van der Waals surface area contributed by atoms with E-state index in [1.165, 1.54) is 32.4 Å². The van der Waals surface area contributed by atoms with E-state index in [9.17, 15) is 13.2 Å². The Balaban J connectivity index is 1.91. The highest BCUT2D eigenvalue weighted by Gasteiger charge is 2.27. The van der Waals surface area contributed by atoms with Gasteiger partial charge in [-0.1, -0.05) is 55.5 Å². The zero-order valence-electron chi connectivity index (χ0n) is 18.9. The molecule has 0 saturated carbocycles. The van der Waals surface area contributed by atoms with Gasteiger partial charge in [0.1, 0.15) is 6.04 Å². The number of nitrogens with one attached hydrogen (secondary N) is 2. The fraction of sp³-hybridized carbons (Fsp3) is 0.240. The van der Waals surface area contributed by atoms with Gasteiger partial charge in [-0.25, -0.2) is 8.42 Å². The molecule has 0 fully saturated rings. The molecular weight excluding hydrogens is 440 g/mol. The zero-order valence-corrected chi connectivity index (χ0v) is 19.7. The Labute approximate surface area is 194 Å². The highest BCUT2D eigenvalue weighted by Crippen LogP contribution is 2.29. The second-order valence-corrected chi connectivity index (χ2v) is 9.09. The Morgan fingerprint density at radius 3 is 2.24 bits per heavy atom. The lowest BCUT2D eigenvalue weighted by Crippen LogP contribution is -2.45. The van der Waals surface area contributed by atoms with Crippen molar-refractivity contribution in [2.75, 3.05) is 19.5 Å². The average molecular weight is 469 g/mol. The maximum Gasteiger partial charge on any atom is 0.242 e. The molecule has 8 heteroatoms. The first-order chi connectivity index (χ1) is 15.9. The molecule has 3 rings (SSSR count). The standard InChI is InChI=1S/C25H28N2O5S/c1-4-19-12-8-9-13-21(19)26-25(28)22(16-18-10-6-5-7-11-18)27-33(29,30)20-14-15-23(31-2)24(17-20)32-3/h5-15,17,22,27H,4,16H2,1-3H3,(H,26,28)/t22-/m1/s1. The Morgan fingerprint density at radius 1 is 0.909 bits per heavy atom. The molecule has 0 spiro atoms. The largest absolute Gasteiger partial charge is 0.493 e. The molecule has 33 heavy (non-hydrogen) atoms. The molecule has 1 amide bonds. The fourth-order valence-electron chi connectivity index (χ4n) is 3.45. The van der Waals surface area contributed by atoms with Crippen LogP contribution in [0.1, 0.15) is 18.1 Å². The van der Waals surface area contributed by atoms with Crippen molar-refractivity contribution in [3.63, 3.8) is 0 Å². The number of amides is 1. The van der Waals surface area contributed by atoms with Crippen molar-refractivity contribution >= 4 is 21.6 Å². The highest BCUT2D eigenvalue weighted by molar-refractivity contribution is 7.89. The number of aryl methyl sites for hydroxylation is 1. The smallest absolute Gasteiger partial charge is 0.242 e. The van der Waals surface area contributed by atoms with E-state index in [2.05, 4.69) is 10.0 Å². The Hall–Kier alpha value is -3.36. The number of sulfonamides is 1. The number of rotatable bonds is 10. The lowest BCUT2D eigenvalue weighted by molar-refractivity contribution is -0.117. The lowest BCUT2D eigenvalue weighted by Gasteiger charge is -2.20. The summed E-state index contributed by atoms with van der Waals surface area (Å²) in [6.07, 6.45) is 0.921. The van der Waals surface area contributed by atoms with Crippen LogP contribution in [0.4, 0.5) is 5.69 Å². The zero-order chi connectivity index (χ0) is 23.8. The van der Waals surface area contributed by atoms with Crippen molar-refractivity contribution in [3.05, 3.63) is 83.9 Å². The van der Waals surface area contributed by atoms with E-state index in [-0.39, 0.29) is 17.1 Å². The SMILES string of the molecule is CCc1ccccc1NC(=O)[C@@H](Cc1ccccc1)NS(=O)(=O)c1ccc(OC)c(OC)c1. The average Bonchev–Trinajstić information content (AvgIpc) is 2.84. The lowest BCUT2D eigenvalue weighted by atomic mass is 10.1. The van der Waals surface area contributed by atoms with E-state index in [1.807, 2.05) is 55.5 Å². The summed E-state index contributed by atoms with van der Waals surface area (Å²) in [5.41, 5.74) is 2.46. The van der Waals surface area contributed by atoms with Crippen molar-refractivity contribution in [1.82, 2.24) is 4.72 Å². The van der Waals surface area contributed by atoms with Gasteiger partial charge in [0, 0.05) is 11.8 Å². The first-order valence-electron chi connectivity index (χ1n) is 10.5. The number of carbonyl (C=O) groups excluding carboxylic acids is 1. The summed E-state index contributed by atoms with van der Waals surface area (Å²) in [6, 6.07) is 20.0. The Morgan fingerprint density at radius 2 is 1.58 bits per heavy atom. The van der Waals surface area contributed by atoms with E-state index in [4.69, 9.17) is 9.47 Å². The van der Waals surface area contributed by atoms with Gasteiger partial charge in [-0.2, -0.15) is 4.72 Å². The Bertz CT molecular complexity index is 1200. The summed E-state index contributed by atoms with van der Waals surface area (Å²) < 4.78 is 39.4. The van der Waals surface area contributed by atoms with Gasteiger partial charge in [0.05, 0.1) is 19.1 Å². The van der Waals surface area contributed by atoms with Crippen LogP contribution in [-0.4, -0.2) is 34.6 Å². The van der Waals surface area contributed by atoms with Crippen LogP contribution in [0, 0.1) is 0 Å². The number of benzene rings is 3. The van der Waals surface area contributed by atoms with Gasteiger partial charge < -0.3 is 14.8 Å². The molecule has 2 N–H and O–H groups in total. The summed E-state index contributed by atoms with van der Waals surface area (Å²) in [7, 11) is -1.14. The van der Waals surface area contributed by atoms with Gasteiger partial charge in [0.2, 0.25) is 15.9 Å². The van der Waals surface area contributed by atoms with Crippen molar-refractivity contribution in [2.24, 2.45) is 0 Å². The van der Waals surface area contributed by atoms with Crippen molar-refractivity contribution in [2.45, 2.75) is 30.7 Å². The molecule has 7 nitrogen and oxygen atoms in total. The van der Waals surface area contributed by atoms with Crippen LogP contribution in [0.25, 0.3) is 0 Å². The van der Waals surface area contributed by atoms with Gasteiger partial charge >= 0.3 is 0 Å². The van der Waals surface area contributed by atoms with Crippen LogP contribution in [0.2, 0.25) is 0 Å². The van der Waals surface area contributed by atoms with Crippen LogP contribution in [0.5, 0.6) is 11.5 Å². The topological polar surface area (TPSA) is 93.7 Å². The number of methoxy groups -OCH3 is 2. The van der Waals surface area contributed by atoms with Gasteiger partial charge in [-0.3, -0.25) is 4.79 Å². The molecule has 0 aromatic heterocycles. The molecule has 3 aromatic carbocycles. The second kappa shape index (κ2) is 11.0. The molecule has 0 radical (unpaired) electrons. The molecule has 0 aliphatic heterocycles. The van der Waals surface area contributed by atoms with Gasteiger partial charge in [-0.05, 0) is 42.2 Å². The maximum absolute atomic E-state index is 13.2. The summed E-state index contributed by atoms with van der Waals surface area (Å²) in [6.45, 7) is 1.99. The molecule has 0 bridgehead atoms. The molecule has 1 atom stereocenters. The van der Waals surface area contributed by atoms with Crippen LogP contribution in [-0.2, 0) is 27.7 Å². The summed E-state index contributed by atoms with van der Waals surface area (Å²) >= 11 is 0. The molecule has 0 aliphatic carbocycles. The van der Waals surface area contributed by atoms with Crippen LogP contribution < -0.4 is 19.5 Å². The summed E-state index contributed by atoms with van der Waals surface area (Å²) in [5.74, 6) is 0.247. The maximum atomic E-state index is 13.2. The molecular formula is C25H28N2O5S. The predicted molar refractivity (Wildman–Crippen MR) is 128 cm³/mol. The number of para-hydroxylation sites is 1. The second-order valence-electron chi connectivity index (χ2n) is 7.38. The summed E-state index contributed by atoms with van der Waals surface area (Å²) in [4.78, 5) is 13.2. The fourth-order valence-corrected chi connectivity index (χ4v) is 4.66. The van der Waals surface area contributed by atoms with E-state index < -0.39 is 22.0 Å². The number of hydrogen-bond donors (Lipinski definition) is 2. The first kappa shape index (κ1) is 24.3. The highest BCUT2D eigenvalue weighted by atomic mass is 32.2. The van der Waals surface area contributed by atoms with Crippen LogP contribution in [0.15, 0.2) is 77.7 Å². The number of ether oxygens (including phenoxy) is 2. The minimum atomic E-state index is -4.04. The number of anilines is 1. The van der Waals surface area contributed by atoms with Crippen LogP contribution >= 0.6 is 0 Å². The van der Waals surface area contributed by atoms with Crippen LogP contribution in [0.3, 0.4) is 0 Å². The van der Waals surface area contributed by atoms with Crippen molar-refractivity contribution in [1.29, 1.82) is 0 Å². The summed E-state index contributed by atoms with van der Waals surface area (Å²) in [5, 5.41) is 2.89. The minimum absolute atomic E-state index is 0.0278. The third-order valence-electron chi connectivity index (χ3n) is 5.22. The van der Waals surface area contributed by atoms with E-state index in [0.29, 0.717) is 11.4 Å². The first-order valence-corrected chi connectivity index (χ1v) is 12.0. The molecule has 3 aromatic rings. The van der Waals surface area contributed by atoms with Gasteiger partial charge in [0.15, 0.2) is 11.5 Å². The van der Waals surface area contributed by atoms with E-state index >= 15 is 0 Å². The minimum Gasteiger partial charge on any atom is -0.493 e. The van der Waals surface area contributed by atoms with Crippen molar-refractivity contribution in [3.8, 4) is 11.5 Å². The quantitative estimate of drug-likeness (QED) is 0.472. The Kier molecular flexibility index (Phi) is 8.08. The molecule has 0 saturated heterocycles. The van der Waals surface area contributed by atoms with Gasteiger partial charge in [-0.15, -0.1) is 0 Å². The third kappa shape index (κ3) is 6.12. The van der Waals surface area contributed by atoms with E-state index in [0.717, 1.165) is 17.5 Å². The van der Waals surface area contributed by atoms with Gasteiger partial charge in [0.25, 0.3) is 0 Å². The molecule has 0 unspecified atom stereocenters. The molecule has 0 heterocycles. The number of hydrogen-bond acceptors (Lipinski definition) is 5. The van der Waals surface area contributed by atoms with E-state index in [1.54, 1.807) is 6.07 Å².